The van der Waals surface area contributed by atoms with Gasteiger partial charge in [-0.15, -0.1) is 13.2 Å². The van der Waals surface area contributed by atoms with E-state index < -0.39 is 12.1 Å². The molecule has 0 spiro atoms. The van der Waals surface area contributed by atoms with Crippen LogP contribution in [0.5, 0.6) is 5.75 Å². The van der Waals surface area contributed by atoms with E-state index in [2.05, 4.69) is 46.5 Å². The van der Waals surface area contributed by atoms with Crippen molar-refractivity contribution in [3.8, 4) is 17.0 Å². The first-order valence-corrected chi connectivity index (χ1v) is 11.9. The van der Waals surface area contributed by atoms with E-state index >= 15 is 0 Å². The average molecular weight is 477 g/mol. The van der Waals surface area contributed by atoms with Gasteiger partial charge in [0.25, 0.3) is 0 Å². The molecule has 0 unspecified atom stereocenters. The van der Waals surface area contributed by atoms with Crippen LogP contribution in [0.2, 0.25) is 0 Å². The van der Waals surface area contributed by atoms with Gasteiger partial charge in [-0.25, -0.2) is 4.98 Å². The number of nitrogens with two attached hydrogens (primary N) is 1. The normalized spacial score (nSPS) is 25.9. The fraction of sp³-hybridized carbons (Fsp3) is 0.583. The minimum absolute atomic E-state index is 0.121. The molecule has 2 aliphatic carbocycles. The lowest BCUT2D eigenvalue weighted by atomic mass is 10.1. The lowest BCUT2D eigenvalue weighted by molar-refractivity contribution is -0.274. The second-order valence-corrected chi connectivity index (χ2v) is 9.89. The van der Waals surface area contributed by atoms with Crippen molar-refractivity contribution in [2.45, 2.75) is 51.1 Å². The van der Waals surface area contributed by atoms with Crippen LogP contribution in [0, 0.1) is 5.92 Å². The lowest BCUT2D eigenvalue weighted by Crippen LogP contribution is -2.36. The maximum atomic E-state index is 12.7. The van der Waals surface area contributed by atoms with Gasteiger partial charge in [0.05, 0.1) is 5.69 Å². The summed E-state index contributed by atoms with van der Waals surface area (Å²) in [7, 11) is 2.18. The predicted molar refractivity (Wildman–Crippen MR) is 123 cm³/mol. The third-order valence-electron chi connectivity index (χ3n) is 7.16. The van der Waals surface area contributed by atoms with Crippen molar-refractivity contribution in [2.24, 2.45) is 5.92 Å². The van der Waals surface area contributed by atoms with Gasteiger partial charge in [-0.3, -0.25) is 9.58 Å². The Kier molecular flexibility index (Phi) is 5.84. The number of anilines is 1. The summed E-state index contributed by atoms with van der Waals surface area (Å²) in [6.07, 6.45) is 1.36. The zero-order valence-electron chi connectivity index (χ0n) is 19.7. The molecule has 1 aliphatic heterocycles. The Balaban J connectivity index is 1.38. The first kappa shape index (κ1) is 23.2. The van der Waals surface area contributed by atoms with Gasteiger partial charge in [0, 0.05) is 48.5 Å². The van der Waals surface area contributed by atoms with Crippen molar-refractivity contribution in [1.29, 1.82) is 0 Å². The number of nitrogens with zero attached hydrogens (tertiary/aromatic N) is 5. The van der Waals surface area contributed by atoms with Crippen LogP contribution in [-0.4, -0.2) is 70.2 Å². The zero-order chi connectivity index (χ0) is 24.2. The number of nitrogen functional groups attached to an aromatic ring is 1. The third-order valence-corrected chi connectivity index (χ3v) is 7.16. The number of alkyl halides is 3. The molecule has 3 heterocycles. The van der Waals surface area contributed by atoms with Gasteiger partial charge >= 0.3 is 6.36 Å². The molecule has 0 amide bonds. The molecule has 2 N–H and O–H groups in total. The van der Waals surface area contributed by atoms with Crippen molar-refractivity contribution in [2.75, 3.05) is 39.0 Å². The number of halogens is 3. The molecule has 2 aromatic heterocycles. The van der Waals surface area contributed by atoms with E-state index in [1.54, 1.807) is 0 Å². The molecule has 1 saturated heterocycles. The number of likely N-dealkylation sites (N-methyl/N-ethyl adjacent to an activating group) is 1. The summed E-state index contributed by atoms with van der Waals surface area (Å²) in [4.78, 5) is 8.90. The van der Waals surface area contributed by atoms with E-state index in [0.29, 0.717) is 29.1 Å². The summed E-state index contributed by atoms with van der Waals surface area (Å²) < 4.78 is 44.3. The van der Waals surface area contributed by atoms with Crippen molar-refractivity contribution in [3.05, 3.63) is 35.7 Å². The Morgan fingerprint density at radius 1 is 1.15 bits per heavy atom. The SMILES string of the molecule is CC(C)n1nc(-c2cnc(N)c(OC(F)(F)F)c2)cc1[C@@H]1C2=C[C@@H](N3CCCN(C)CC3)C[C@H]21. The van der Waals surface area contributed by atoms with Gasteiger partial charge in [0.15, 0.2) is 11.6 Å². The topological polar surface area (TPSA) is 72.4 Å². The molecular weight excluding hydrogens is 445 g/mol. The molecule has 3 aliphatic rings. The fourth-order valence-corrected chi connectivity index (χ4v) is 5.42. The van der Waals surface area contributed by atoms with E-state index in [1.807, 2.05) is 10.7 Å². The van der Waals surface area contributed by atoms with Gasteiger partial charge in [0.2, 0.25) is 0 Å². The Hall–Kier alpha value is -2.59. The number of allylic oxidation sites excluding steroid dienone is 1. The van der Waals surface area contributed by atoms with E-state index in [9.17, 15) is 13.2 Å². The highest BCUT2D eigenvalue weighted by Crippen LogP contribution is 2.60. The maximum absolute atomic E-state index is 12.7. The number of hydrogen-bond donors (Lipinski definition) is 1. The molecule has 3 atom stereocenters. The first-order valence-electron chi connectivity index (χ1n) is 11.9. The summed E-state index contributed by atoms with van der Waals surface area (Å²) in [6, 6.07) is 3.85. The lowest BCUT2D eigenvalue weighted by Gasteiger charge is -2.27. The molecule has 0 aromatic carbocycles. The average Bonchev–Trinajstić information content (AvgIpc) is 3.09. The molecule has 5 rings (SSSR count). The molecule has 1 saturated carbocycles. The Bertz CT molecular complexity index is 1090. The number of fused-ring (bicyclic) bond motifs is 1. The molecule has 10 heteroatoms. The van der Waals surface area contributed by atoms with E-state index in [0.717, 1.165) is 38.3 Å². The number of pyridine rings is 1. The van der Waals surface area contributed by atoms with Crippen molar-refractivity contribution in [1.82, 2.24) is 24.6 Å². The van der Waals surface area contributed by atoms with Crippen LogP contribution in [0.25, 0.3) is 11.3 Å². The van der Waals surface area contributed by atoms with Crippen LogP contribution >= 0.6 is 0 Å². The fourth-order valence-electron chi connectivity index (χ4n) is 5.42. The first-order chi connectivity index (χ1) is 16.1. The highest BCUT2D eigenvalue weighted by molar-refractivity contribution is 5.65. The molecule has 34 heavy (non-hydrogen) atoms. The van der Waals surface area contributed by atoms with Gasteiger partial charge in [0.1, 0.15) is 0 Å². The molecule has 0 radical (unpaired) electrons. The van der Waals surface area contributed by atoms with Crippen LogP contribution in [0.3, 0.4) is 0 Å². The molecule has 7 nitrogen and oxygen atoms in total. The molecular formula is C24H31F3N6O. The predicted octanol–water partition coefficient (Wildman–Crippen LogP) is 4.06. The highest BCUT2D eigenvalue weighted by atomic mass is 19.4. The summed E-state index contributed by atoms with van der Waals surface area (Å²) in [5, 5.41) is 4.72. The number of hydrogen-bond acceptors (Lipinski definition) is 6. The largest absolute Gasteiger partial charge is 0.573 e. The summed E-state index contributed by atoms with van der Waals surface area (Å²) >= 11 is 0. The second-order valence-electron chi connectivity index (χ2n) is 9.89. The summed E-state index contributed by atoms with van der Waals surface area (Å²) in [5.41, 5.74) is 9.18. The van der Waals surface area contributed by atoms with E-state index in [1.165, 1.54) is 24.3 Å². The standard InChI is InChI=1S/C24H31F3N6O/c1-14(2)33-20(12-19(30-33)15-9-21(23(28)29-13-15)34-24(25,26)27)22-17-10-16(11-18(17)22)32-6-4-5-31(3)7-8-32/h9-10,12-14,16,18,22H,4-8,11H2,1-3H3,(H2,28,29)/t16-,18-,22-/m1/s1. The van der Waals surface area contributed by atoms with Crippen LogP contribution in [-0.2, 0) is 0 Å². The van der Waals surface area contributed by atoms with Gasteiger partial charge in [-0.2, -0.15) is 5.10 Å². The van der Waals surface area contributed by atoms with Gasteiger partial charge in [-0.1, -0.05) is 11.6 Å². The molecule has 184 valence electrons. The van der Waals surface area contributed by atoms with Crippen molar-refractivity contribution >= 4 is 5.82 Å². The second kappa shape index (κ2) is 8.57. The monoisotopic (exact) mass is 476 g/mol. The van der Waals surface area contributed by atoms with Gasteiger partial charge < -0.3 is 15.4 Å². The number of aromatic nitrogens is 3. The van der Waals surface area contributed by atoms with Crippen LogP contribution in [0.4, 0.5) is 19.0 Å². The Labute approximate surface area is 197 Å². The molecule has 2 aromatic rings. The Morgan fingerprint density at radius 3 is 2.62 bits per heavy atom. The minimum atomic E-state index is -4.84. The molecule has 0 bridgehead atoms. The van der Waals surface area contributed by atoms with E-state index in [-0.39, 0.29) is 11.9 Å². The molecule has 2 fully saturated rings. The third kappa shape index (κ3) is 4.53. The smallest absolute Gasteiger partial charge is 0.402 e. The minimum Gasteiger partial charge on any atom is -0.402 e. The van der Waals surface area contributed by atoms with Crippen LogP contribution in [0.15, 0.2) is 30.0 Å². The van der Waals surface area contributed by atoms with Crippen LogP contribution < -0.4 is 10.5 Å². The van der Waals surface area contributed by atoms with E-state index in [4.69, 9.17) is 10.8 Å². The maximum Gasteiger partial charge on any atom is 0.573 e. The summed E-state index contributed by atoms with van der Waals surface area (Å²) in [5.74, 6) is 0.0173. The van der Waals surface area contributed by atoms with Crippen molar-refractivity contribution < 1.29 is 17.9 Å². The summed E-state index contributed by atoms with van der Waals surface area (Å²) in [6.45, 7) is 8.61. The number of ether oxygens (including phenoxy) is 1. The number of rotatable bonds is 5. The van der Waals surface area contributed by atoms with Crippen molar-refractivity contribution in [3.63, 3.8) is 0 Å². The quantitative estimate of drug-likeness (QED) is 0.657. The van der Waals surface area contributed by atoms with Gasteiger partial charge in [-0.05, 0) is 64.9 Å². The van der Waals surface area contributed by atoms with Crippen LogP contribution in [0.1, 0.15) is 44.3 Å². The highest BCUT2D eigenvalue weighted by Gasteiger charge is 2.52. The zero-order valence-corrected chi connectivity index (χ0v) is 19.7. The Morgan fingerprint density at radius 2 is 1.94 bits per heavy atom.